The van der Waals surface area contributed by atoms with Crippen LogP contribution in [-0.4, -0.2) is 50.6 Å². The molecule has 0 radical (unpaired) electrons. The number of nitrogens with zero attached hydrogens (tertiary/aromatic N) is 2. The van der Waals surface area contributed by atoms with Crippen molar-refractivity contribution in [3.8, 4) is 0 Å². The van der Waals surface area contributed by atoms with Crippen LogP contribution in [0, 0.1) is 0 Å². The van der Waals surface area contributed by atoms with Crippen molar-refractivity contribution < 1.29 is 9.53 Å². The number of guanidine groups is 1. The van der Waals surface area contributed by atoms with Crippen molar-refractivity contribution in [1.29, 1.82) is 0 Å². The van der Waals surface area contributed by atoms with Crippen LogP contribution in [-0.2, 0) is 17.6 Å². The Morgan fingerprint density at radius 3 is 2.62 bits per heavy atom. The Labute approximate surface area is 159 Å². The molecule has 1 aromatic heterocycles. The minimum Gasteiger partial charge on any atom is -0.465 e. The molecular formula is C20H27N3O2S. The lowest BCUT2D eigenvalue weighted by molar-refractivity contribution is 0.0600. The molecule has 0 bridgehead atoms. The maximum Gasteiger partial charge on any atom is 0.337 e. The Kier molecular flexibility index (Phi) is 8.15. The first-order valence-electron chi connectivity index (χ1n) is 8.83. The molecule has 0 saturated carbocycles. The fourth-order valence-corrected chi connectivity index (χ4v) is 3.22. The highest BCUT2D eigenvalue weighted by atomic mass is 32.1. The Balaban J connectivity index is 1.88. The second-order valence-electron chi connectivity index (χ2n) is 5.93. The van der Waals surface area contributed by atoms with Gasteiger partial charge in [-0.25, -0.2) is 4.79 Å². The number of hydrogen-bond acceptors (Lipinski definition) is 4. The van der Waals surface area contributed by atoms with E-state index in [9.17, 15) is 4.79 Å². The average Bonchev–Trinajstić information content (AvgIpc) is 3.19. The quantitative estimate of drug-likeness (QED) is 0.439. The van der Waals surface area contributed by atoms with Gasteiger partial charge in [-0.1, -0.05) is 18.2 Å². The molecule has 0 aliphatic rings. The average molecular weight is 374 g/mol. The number of likely N-dealkylation sites (N-methyl/N-ethyl adjacent to an activating group) is 1. The van der Waals surface area contributed by atoms with Crippen LogP contribution in [0.1, 0.15) is 27.7 Å². The zero-order chi connectivity index (χ0) is 18.8. The van der Waals surface area contributed by atoms with Crippen LogP contribution in [0.15, 0.2) is 46.8 Å². The van der Waals surface area contributed by atoms with Gasteiger partial charge in [-0.15, -0.1) is 11.3 Å². The topological polar surface area (TPSA) is 53.9 Å². The molecule has 0 unspecified atom stereocenters. The first-order valence-corrected chi connectivity index (χ1v) is 9.71. The second-order valence-corrected chi connectivity index (χ2v) is 6.96. The number of ether oxygens (including phenoxy) is 1. The molecule has 1 N–H and O–H groups in total. The van der Waals surface area contributed by atoms with Gasteiger partial charge in [-0.2, -0.15) is 0 Å². The van der Waals surface area contributed by atoms with Gasteiger partial charge in [0.1, 0.15) is 0 Å². The number of benzene rings is 1. The minimum absolute atomic E-state index is 0.309. The maximum absolute atomic E-state index is 11.5. The molecule has 1 heterocycles. The maximum atomic E-state index is 11.5. The lowest BCUT2D eigenvalue weighted by atomic mass is 10.1. The van der Waals surface area contributed by atoms with E-state index in [1.54, 1.807) is 23.5 Å². The van der Waals surface area contributed by atoms with Crippen LogP contribution >= 0.6 is 11.3 Å². The number of carbonyl (C=O) groups is 1. The first kappa shape index (κ1) is 20.0. The van der Waals surface area contributed by atoms with Crippen molar-refractivity contribution in [3.05, 3.63) is 57.8 Å². The van der Waals surface area contributed by atoms with Crippen molar-refractivity contribution in [2.75, 3.05) is 33.8 Å². The Hall–Kier alpha value is -2.34. The number of esters is 1. The molecule has 1 aromatic carbocycles. The van der Waals surface area contributed by atoms with Gasteiger partial charge in [0.05, 0.1) is 12.7 Å². The van der Waals surface area contributed by atoms with E-state index in [1.807, 2.05) is 12.1 Å². The summed E-state index contributed by atoms with van der Waals surface area (Å²) in [4.78, 5) is 19.7. The van der Waals surface area contributed by atoms with Crippen molar-refractivity contribution in [2.24, 2.45) is 4.99 Å². The summed E-state index contributed by atoms with van der Waals surface area (Å²) < 4.78 is 4.72. The summed E-state index contributed by atoms with van der Waals surface area (Å²) in [5.74, 6) is 0.617. The van der Waals surface area contributed by atoms with E-state index in [4.69, 9.17) is 9.73 Å². The van der Waals surface area contributed by atoms with Crippen LogP contribution < -0.4 is 5.32 Å². The van der Waals surface area contributed by atoms with E-state index in [0.29, 0.717) is 12.1 Å². The van der Waals surface area contributed by atoms with Crippen LogP contribution in [0.25, 0.3) is 0 Å². The molecule has 0 spiro atoms. The molecule has 2 rings (SSSR count). The molecule has 0 fully saturated rings. The number of thiophene rings is 1. The molecule has 0 aliphatic heterocycles. The molecule has 0 saturated heterocycles. The van der Waals surface area contributed by atoms with Crippen molar-refractivity contribution in [3.63, 3.8) is 0 Å². The van der Waals surface area contributed by atoms with E-state index in [-0.39, 0.29) is 5.97 Å². The molecule has 140 valence electrons. The Morgan fingerprint density at radius 2 is 2.00 bits per heavy atom. The van der Waals surface area contributed by atoms with Crippen LogP contribution in [0.5, 0.6) is 0 Å². The van der Waals surface area contributed by atoms with E-state index in [2.05, 4.69) is 41.7 Å². The van der Waals surface area contributed by atoms with Gasteiger partial charge in [0.2, 0.25) is 0 Å². The third kappa shape index (κ3) is 6.19. The SMILES string of the molecule is CCNC(=NCCc1ccc(C(=O)OC)cc1)N(C)CCc1cccs1. The summed E-state index contributed by atoms with van der Waals surface area (Å²) in [6, 6.07) is 11.8. The zero-order valence-corrected chi connectivity index (χ0v) is 16.5. The lowest BCUT2D eigenvalue weighted by Crippen LogP contribution is -2.40. The van der Waals surface area contributed by atoms with Gasteiger partial charge in [0.15, 0.2) is 5.96 Å². The van der Waals surface area contributed by atoms with Crippen molar-refractivity contribution in [1.82, 2.24) is 10.2 Å². The second kappa shape index (κ2) is 10.6. The van der Waals surface area contributed by atoms with Gasteiger partial charge in [-0.05, 0) is 48.9 Å². The van der Waals surface area contributed by atoms with Crippen LogP contribution in [0.4, 0.5) is 0 Å². The van der Waals surface area contributed by atoms with Gasteiger partial charge >= 0.3 is 5.97 Å². The summed E-state index contributed by atoms with van der Waals surface area (Å²) in [6.45, 7) is 4.55. The summed E-state index contributed by atoms with van der Waals surface area (Å²) in [7, 11) is 3.46. The molecule has 0 atom stereocenters. The van der Waals surface area contributed by atoms with Gasteiger partial charge < -0.3 is 15.0 Å². The van der Waals surface area contributed by atoms with Crippen LogP contribution in [0.3, 0.4) is 0 Å². The number of aliphatic imine (C=N–C) groups is 1. The summed E-state index contributed by atoms with van der Waals surface area (Å²) in [6.07, 6.45) is 1.85. The third-order valence-corrected chi connectivity index (χ3v) is 4.94. The Bertz CT molecular complexity index is 696. The highest BCUT2D eigenvalue weighted by Crippen LogP contribution is 2.10. The molecule has 5 nitrogen and oxygen atoms in total. The molecule has 6 heteroatoms. The van der Waals surface area contributed by atoms with Gasteiger partial charge in [0.25, 0.3) is 0 Å². The standard InChI is InChI=1S/C20H27N3O2S/c1-4-21-20(23(2)14-12-18-6-5-15-26-18)22-13-11-16-7-9-17(10-8-16)19(24)25-3/h5-10,15H,4,11-14H2,1-3H3,(H,21,22). The number of hydrogen-bond donors (Lipinski definition) is 1. The highest BCUT2D eigenvalue weighted by Gasteiger charge is 2.07. The molecular weight excluding hydrogens is 346 g/mol. The molecule has 2 aromatic rings. The van der Waals surface area contributed by atoms with E-state index in [1.165, 1.54) is 12.0 Å². The number of methoxy groups -OCH3 is 1. The number of rotatable bonds is 8. The summed E-state index contributed by atoms with van der Waals surface area (Å²) in [5, 5.41) is 5.46. The summed E-state index contributed by atoms with van der Waals surface area (Å²) >= 11 is 1.79. The smallest absolute Gasteiger partial charge is 0.337 e. The molecule has 0 aliphatic carbocycles. The monoisotopic (exact) mass is 373 g/mol. The third-order valence-electron chi connectivity index (χ3n) is 4.01. The van der Waals surface area contributed by atoms with E-state index < -0.39 is 0 Å². The van der Waals surface area contributed by atoms with E-state index in [0.717, 1.165) is 37.5 Å². The molecule has 26 heavy (non-hydrogen) atoms. The largest absolute Gasteiger partial charge is 0.465 e. The lowest BCUT2D eigenvalue weighted by Gasteiger charge is -2.21. The molecule has 0 amide bonds. The van der Waals surface area contributed by atoms with E-state index >= 15 is 0 Å². The normalized spacial score (nSPS) is 11.3. The van der Waals surface area contributed by atoms with Gasteiger partial charge in [0, 0.05) is 31.6 Å². The van der Waals surface area contributed by atoms with Crippen molar-refractivity contribution >= 4 is 23.3 Å². The van der Waals surface area contributed by atoms with Gasteiger partial charge in [-0.3, -0.25) is 4.99 Å². The predicted octanol–water partition coefficient (Wildman–Crippen LogP) is 3.22. The van der Waals surface area contributed by atoms with Crippen LogP contribution in [0.2, 0.25) is 0 Å². The zero-order valence-electron chi connectivity index (χ0n) is 15.7. The fourth-order valence-electron chi connectivity index (χ4n) is 2.52. The van der Waals surface area contributed by atoms with Crippen molar-refractivity contribution in [2.45, 2.75) is 19.8 Å². The highest BCUT2D eigenvalue weighted by molar-refractivity contribution is 7.09. The number of nitrogens with one attached hydrogen (secondary N) is 1. The Morgan fingerprint density at radius 1 is 1.23 bits per heavy atom. The fraction of sp³-hybridized carbons (Fsp3) is 0.400. The number of carbonyl (C=O) groups excluding carboxylic acids is 1. The first-order chi connectivity index (χ1) is 12.6. The predicted molar refractivity (Wildman–Crippen MR) is 108 cm³/mol. The minimum atomic E-state index is -0.309. The summed E-state index contributed by atoms with van der Waals surface area (Å²) in [5.41, 5.74) is 1.72.